The summed E-state index contributed by atoms with van der Waals surface area (Å²) in [5, 5.41) is 10.0. The van der Waals surface area contributed by atoms with Crippen LogP contribution >= 0.6 is 11.3 Å². The number of thiophene rings is 1. The highest BCUT2D eigenvalue weighted by atomic mass is 32.1. The fourth-order valence-electron chi connectivity index (χ4n) is 3.25. The number of anilines is 3. The smallest absolute Gasteiger partial charge is 0.265 e. The van der Waals surface area contributed by atoms with Gasteiger partial charge in [0.15, 0.2) is 0 Å². The molecule has 4 rings (SSSR count). The van der Waals surface area contributed by atoms with Gasteiger partial charge in [-0.1, -0.05) is 18.2 Å². The SMILES string of the molecule is COc1ccc(NC(=O)c2cccc(NC(=O)c3cccs3)c2)cc1NC(=O)c1cccc(F)c1. The monoisotopic (exact) mass is 489 g/mol. The number of nitrogens with one attached hydrogen (secondary N) is 3. The van der Waals surface area contributed by atoms with E-state index in [1.807, 2.05) is 5.38 Å². The van der Waals surface area contributed by atoms with E-state index in [1.54, 1.807) is 48.5 Å². The molecule has 0 aliphatic carbocycles. The van der Waals surface area contributed by atoms with Crippen LogP contribution in [-0.4, -0.2) is 24.8 Å². The number of amides is 3. The molecule has 3 amide bonds. The molecule has 35 heavy (non-hydrogen) atoms. The lowest BCUT2D eigenvalue weighted by atomic mass is 10.1. The Balaban J connectivity index is 1.48. The molecule has 0 atom stereocenters. The maximum Gasteiger partial charge on any atom is 0.265 e. The lowest BCUT2D eigenvalue weighted by Crippen LogP contribution is -2.15. The largest absolute Gasteiger partial charge is 0.495 e. The zero-order valence-corrected chi connectivity index (χ0v) is 19.3. The van der Waals surface area contributed by atoms with Crippen molar-refractivity contribution in [1.29, 1.82) is 0 Å². The van der Waals surface area contributed by atoms with Crippen molar-refractivity contribution in [2.75, 3.05) is 23.1 Å². The Morgan fingerprint density at radius 1 is 0.743 bits per heavy atom. The van der Waals surface area contributed by atoms with Crippen molar-refractivity contribution in [3.05, 3.63) is 106 Å². The van der Waals surface area contributed by atoms with Gasteiger partial charge in [0.2, 0.25) is 0 Å². The zero-order valence-electron chi connectivity index (χ0n) is 18.5. The summed E-state index contributed by atoms with van der Waals surface area (Å²) in [7, 11) is 1.45. The molecule has 176 valence electrons. The number of carbonyl (C=O) groups excluding carboxylic acids is 3. The number of rotatable bonds is 7. The number of hydrogen-bond donors (Lipinski definition) is 3. The Hall–Kier alpha value is -4.50. The van der Waals surface area contributed by atoms with Gasteiger partial charge < -0.3 is 20.7 Å². The zero-order chi connectivity index (χ0) is 24.8. The Morgan fingerprint density at radius 3 is 2.14 bits per heavy atom. The molecule has 4 aromatic rings. The van der Waals surface area contributed by atoms with E-state index in [9.17, 15) is 18.8 Å². The van der Waals surface area contributed by atoms with Gasteiger partial charge in [-0.15, -0.1) is 11.3 Å². The van der Waals surface area contributed by atoms with E-state index in [0.29, 0.717) is 33.3 Å². The minimum absolute atomic E-state index is 0.142. The van der Waals surface area contributed by atoms with Gasteiger partial charge in [0, 0.05) is 22.5 Å². The molecule has 3 N–H and O–H groups in total. The van der Waals surface area contributed by atoms with E-state index in [-0.39, 0.29) is 11.5 Å². The third kappa shape index (κ3) is 5.90. The van der Waals surface area contributed by atoms with Crippen molar-refractivity contribution >= 4 is 46.1 Å². The van der Waals surface area contributed by atoms with Gasteiger partial charge in [-0.2, -0.15) is 0 Å². The minimum atomic E-state index is -0.528. The van der Waals surface area contributed by atoms with Crippen molar-refractivity contribution in [3.8, 4) is 5.75 Å². The van der Waals surface area contributed by atoms with Gasteiger partial charge in [0.05, 0.1) is 17.7 Å². The quantitative estimate of drug-likeness (QED) is 0.312. The van der Waals surface area contributed by atoms with E-state index < -0.39 is 17.6 Å². The van der Waals surface area contributed by atoms with Crippen LogP contribution < -0.4 is 20.7 Å². The molecule has 0 fully saturated rings. The summed E-state index contributed by atoms with van der Waals surface area (Å²) in [5.74, 6) is -1.36. The molecule has 7 nitrogen and oxygen atoms in total. The maximum atomic E-state index is 13.5. The number of carbonyl (C=O) groups is 3. The second kappa shape index (κ2) is 10.6. The average molecular weight is 490 g/mol. The molecule has 1 heterocycles. The van der Waals surface area contributed by atoms with Crippen molar-refractivity contribution in [1.82, 2.24) is 0 Å². The summed E-state index contributed by atoms with van der Waals surface area (Å²) in [5.41, 5.74) is 1.65. The molecular weight excluding hydrogens is 469 g/mol. The van der Waals surface area contributed by atoms with Crippen LogP contribution in [0.3, 0.4) is 0 Å². The molecule has 0 aliphatic rings. The van der Waals surface area contributed by atoms with Crippen LogP contribution in [0.2, 0.25) is 0 Å². The topological polar surface area (TPSA) is 96.5 Å². The number of methoxy groups -OCH3 is 1. The first-order valence-electron chi connectivity index (χ1n) is 10.4. The molecule has 0 saturated heterocycles. The van der Waals surface area contributed by atoms with Gasteiger partial charge in [0.25, 0.3) is 17.7 Å². The normalized spacial score (nSPS) is 10.3. The Bertz CT molecular complexity index is 1390. The van der Waals surface area contributed by atoms with Crippen LogP contribution in [0.5, 0.6) is 5.75 Å². The van der Waals surface area contributed by atoms with Gasteiger partial charge >= 0.3 is 0 Å². The highest BCUT2D eigenvalue weighted by Gasteiger charge is 2.14. The molecule has 0 saturated carbocycles. The van der Waals surface area contributed by atoms with E-state index in [4.69, 9.17) is 4.74 Å². The molecule has 0 radical (unpaired) electrons. The van der Waals surface area contributed by atoms with Crippen molar-refractivity contribution in [2.24, 2.45) is 0 Å². The third-order valence-corrected chi connectivity index (χ3v) is 5.79. The molecule has 0 bridgehead atoms. The standard InChI is InChI=1S/C26H20FN3O4S/c1-34-22-11-10-20(15-21(22)30-25(32)16-5-2-7-18(27)13-16)28-24(31)17-6-3-8-19(14-17)29-26(33)23-9-4-12-35-23/h2-15H,1H3,(H,28,31)(H,29,33)(H,30,32). The summed E-state index contributed by atoms with van der Waals surface area (Å²) in [6.45, 7) is 0. The van der Waals surface area contributed by atoms with Crippen LogP contribution in [0.1, 0.15) is 30.4 Å². The molecule has 9 heteroatoms. The summed E-state index contributed by atoms with van der Waals surface area (Å²) in [4.78, 5) is 38.2. The number of halogens is 1. The fraction of sp³-hybridized carbons (Fsp3) is 0.0385. The van der Waals surface area contributed by atoms with E-state index in [2.05, 4.69) is 16.0 Å². The lowest BCUT2D eigenvalue weighted by molar-refractivity contribution is 0.101. The minimum Gasteiger partial charge on any atom is -0.495 e. The first-order chi connectivity index (χ1) is 16.9. The first-order valence-corrected chi connectivity index (χ1v) is 11.3. The maximum absolute atomic E-state index is 13.5. The number of ether oxygens (including phenoxy) is 1. The third-order valence-electron chi connectivity index (χ3n) is 4.92. The van der Waals surface area contributed by atoms with Crippen LogP contribution in [0.15, 0.2) is 84.2 Å². The molecule has 0 unspecified atom stereocenters. The lowest BCUT2D eigenvalue weighted by Gasteiger charge is -2.13. The summed E-state index contributed by atoms with van der Waals surface area (Å²) in [6, 6.07) is 20.1. The predicted octanol–water partition coefficient (Wildman–Crippen LogP) is 5.65. The van der Waals surface area contributed by atoms with Gasteiger partial charge in [0.1, 0.15) is 11.6 Å². The fourth-order valence-corrected chi connectivity index (χ4v) is 3.87. The Labute approximate surface area is 204 Å². The molecule has 0 aliphatic heterocycles. The van der Waals surface area contributed by atoms with Crippen molar-refractivity contribution in [2.45, 2.75) is 0 Å². The summed E-state index contributed by atoms with van der Waals surface area (Å²) < 4.78 is 18.8. The Morgan fingerprint density at radius 2 is 1.43 bits per heavy atom. The van der Waals surface area contributed by atoms with Crippen molar-refractivity contribution < 1.29 is 23.5 Å². The number of hydrogen-bond acceptors (Lipinski definition) is 5. The summed E-state index contributed by atoms with van der Waals surface area (Å²) >= 11 is 1.32. The molecule has 3 aromatic carbocycles. The van der Waals surface area contributed by atoms with E-state index in [0.717, 1.165) is 6.07 Å². The molecular formula is C26H20FN3O4S. The Kier molecular flexibility index (Phi) is 7.18. The number of benzene rings is 3. The van der Waals surface area contributed by atoms with Gasteiger partial charge in [-0.25, -0.2) is 4.39 Å². The van der Waals surface area contributed by atoms with Gasteiger partial charge in [-0.05, 0) is 66.0 Å². The second-order valence-electron chi connectivity index (χ2n) is 7.35. The van der Waals surface area contributed by atoms with Crippen LogP contribution in [0, 0.1) is 5.82 Å². The highest BCUT2D eigenvalue weighted by molar-refractivity contribution is 7.12. The van der Waals surface area contributed by atoms with Gasteiger partial charge in [-0.3, -0.25) is 14.4 Å². The van der Waals surface area contributed by atoms with Crippen LogP contribution in [0.4, 0.5) is 21.5 Å². The molecule has 1 aromatic heterocycles. The van der Waals surface area contributed by atoms with E-state index >= 15 is 0 Å². The predicted molar refractivity (Wildman–Crippen MR) is 134 cm³/mol. The first kappa shape index (κ1) is 23.7. The highest BCUT2D eigenvalue weighted by Crippen LogP contribution is 2.29. The average Bonchev–Trinajstić information content (AvgIpc) is 3.40. The van der Waals surface area contributed by atoms with Crippen molar-refractivity contribution in [3.63, 3.8) is 0 Å². The van der Waals surface area contributed by atoms with E-state index in [1.165, 1.54) is 42.7 Å². The molecule has 0 spiro atoms. The van der Waals surface area contributed by atoms with Crippen LogP contribution in [0.25, 0.3) is 0 Å². The van der Waals surface area contributed by atoms with Crippen LogP contribution in [-0.2, 0) is 0 Å². The second-order valence-corrected chi connectivity index (χ2v) is 8.29. The summed E-state index contributed by atoms with van der Waals surface area (Å²) in [6.07, 6.45) is 0.